The van der Waals surface area contributed by atoms with Crippen LogP contribution in [0, 0.1) is 5.92 Å². The van der Waals surface area contributed by atoms with Gasteiger partial charge in [0.2, 0.25) is 5.88 Å². The summed E-state index contributed by atoms with van der Waals surface area (Å²) in [6.45, 7) is 4.84. The molecule has 20 heavy (non-hydrogen) atoms. The fraction of sp³-hybridized carbons (Fsp3) is 0.600. The number of nitrogens with one attached hydrogen (secondary N) is 1. The molecule has 0 radical (unpaired) electrons. The highest BCUT2D eigenvalue weighted by molar-refractivity contribution is 5.71. The SMILES string of the molecule is CCOc1ccc2[nH]c(C3(N)CCC(C)CC3)nc2n1. The Kier molecular flexibility index (Phi) is 3.38. The molecular formula is C15H22N4O. The standard InChI is InChI=1S/C15H22N4O/c1-3-20-12-5-4-11-13(18-12)19-14(17-11)15(16)8-6-10(2)7-9-15/h4-5,10H,3,6-9,16H2,1-2H3,(H,17,18,19). The van der Waals surface area contributed by atoms with Gasteiger partial charge in [0.1, 0.15) is 5.82 Å². The van der Waals surface area contributed by atoms with Crippen LogP contribution in [-0.2, 0) is 5.54 Å². The maximum absolute atomic E-state index is 6.55. The van der Waals surface area contributed by atoms with Gasteiger partial charge in [-0.15, -0.1) is 0 Å². The number of ether oxygens (including phenoxy) is 1. The molecule has 3 rings (SSSR count). The Hall–Kier alpha value is -1.62. The molecule has 2 aromatic rings. The highest BCUT2D eigenvalue weighted by Crippen LogP contribution is 2.36. The molecule has 0 unspecified atom stereocenters. The second kappa shape index (κ2) is 5.05. The molecule has 0 bridgehead atoms. The summed E-state index contributed by atoms with van der Waals surface area (Å²) in [5.74, 6) is 2.24. The van der Waals surface area contributed by atoms with Crippen LogP contribution in [0.2, 0.25) is 0 Å². The van der Waals surface area contributed by atoms with Crippen molar-refractivity contribution in [1.82, 2.24) is 15.0 Å². The van der Waals surface area contributed by atoms with Gasteiger partial charge in [-0.1, -0.05) is 6.92 Å². The number of imidazole rings is 1. The number of pyridine rings is 1. The number of aromatic nitrogens is 3. The zero-order valence-corrected chi connectivity index (χ0v) is 12.1. The molecule has 3 N–H and O–H groups in total. The fourth-order valence-electron chi connectivity index (χ4n) is 2.85. The van der Waals surface area contributed by atoms with Crippen LogP contribution in [0.25, 0.3) is 11.2 Å². The van der Waals surface area contributed by atoms with Crippen LogP contribution in [0.3, 0.4) is 0 Å². The third kappa shape index (κ3) is 2.38. The van der Waals surface area contributed by atoms with Gasteiger partial charge in [0, 0.05) is 6.07 Å². The van der Waals surface area contributed by atoms with E-state index in [1.807, 2.05) is 19.1 Å². The van der Waals surface area contributed by atoms with Crippen LogP contribution in [0.5, 0.6) is 5.88 Å². The molecule has 0 spiro atoms. The van der Waals surface area contributed by atoms with Gasteiger partial charge in [0.05, 0.1) is 17.7 Å². The summed E-state index contributed by atoms with van der Waals surface area (Å²) in [4.78, 5) is 12.3. The molecule has 5 heteroatoms. The Morgan fingerprint density at radius 2 is 2.10 bits per heavy atom. The summed E-state index contributed by atoms with van der Waals surface area (Å²) >= 11 is 0. The van der Waals surface area contributed by atoms with Gasteiger partial charge < -0.3 is 15.5 Å². The summed E-state index contributed by atoms with van der Waals surface area (Å²) in [7, 11) is 0. The zero-order chi connectivity index (χ0) is 14.2. The maximum Gasteiger partial charge on any atom is 0.215 e. The van der Waals surface area contributed by atoms with Crippen LogP contribution in [0.1, 0.15) is 45.4 Å². The summed E-state index contributed by atoms with van der Waals surface area (Å²) in [6, 6.07) is 3.82. The van der Waals surface area contributed by atoms with Crippen molar-refractivity contribution >= 4 is 11.2 Å². The zero-order valence-electron chi connectivity index (χ0n) is 12.1. The molecule has 1 fully saturated rings. The van der Waals surface area contributed by atoms with Crippen molar-refractivity contribution < 1.29 is 4.74 Å². The molecule has 2 heterocycles. The molecule has 108 valence electrons. The second-order valence-electron chi connectivity index (χ2n) is 5.88. The Labute approximate surface area is 118 Å². The van der Waals surface area contributed by atoms with Crippen molar-refractivity contribution in [2.45, 2.75) is 45.1 Å². The fourth-order valence-corrected chi connectivity index (χ4v) is 2.85. The van der Waals surface area contributed by atoms with Gasteiger partial charge >= 0.3 is 0 Å². The average molecular weight is 274 g/mol. The topological polar surface area (TPSA) is 76.8 Å². The Bertz CT molecular complexity index is 599. The number of nitrogens with two attached hydrogens (primary N) is 1. The number of H-pyrrole nitrogens is 1. The molecule has 0 saturated heterocycles. The van der Waals surface area contributed by atoms with Crippen molar-refractivity contribution in [1.29, 1.82) is 0 Å². The lowest BCUT2D eigenvalue weighted by Crippen LogP contribution is -2.41. The molecule has 2 aromatic heterocycles. The molecule has 1 saturated carbocycles. The van der Waals surface area contributed by atoms with Crippen LogP contribution in [0.15, 0.2) is 12.1 Å². The molecular weight excluding hydrogens is 252 g/mol. The lowest BCUT2D eigenvalue weighted by molar-refractivity contribution is 0.238. The predicted molar refractivity (Wildman–Crippen MR) is 78.6 cm³/mol. The predicted octanol–water partition coefficient (Wildman–Crippen LogP) is 2.72. The maximum atomic E-state index is 6.55. The highest BCUT2D eigenvalue weighted by Gasteiger charge is 2.34. The van der Waals surface area contributed by atoms with E-state index in [2.05, 4.69) is 21.9 Å². The number of rotatable bonds is 3. The first-order valence-corrected chi connectivity index (χ1v) is 7.39. The Balaban J connectivity index is 1.92. The number of fused-ring (bicyclic) bond motifs is 1. The van der Waals surface area contributed by atoms with Gasteiger partial charge in [-0.25, -0.2) is 4.98 Å². The molecule has 0 atom stereocenters. The van der Waals surface area contributed by atoms with E-state index in [9.17, 15) is 0 Å². The first-order valence-electron chi connectivity index (χ1n) is 7.39. The van der Waals surface area contributed by atoms with E-state index in [-0.39, 0.29) is 5.54 Å². The van der Waals surface area contributed by atoms with Crippen molar-refractivity contribution in [3.05, 3.63) is 18.0 Å². The molecule has 0 amide bonds. The molecule has 1 aliphatic carbocycles. The number of hydrogen-bond acceptors (Lipinski definition) is 4. The van der Waals surface area contributed by atoms with Gasteiger partial charge in [0.15, 0.2) is 5.65 Å². The van der Waals surface area contributed by atoms with Crippen molar-refractivity contribution in [2.75, 3.05) is 6.61 Å². The van der Waals surface area contributed by atoms with E-state index in [0.717, 1.165) is 42.9 Å². The van der Waals surface area contributed by atoms with E-state index in [1.54, 1.807) is 0 Å². The minimum atomic E-state index is -0.334. The largest absolute Gasteiger partial charge is 0.478 e. The van der Waals surface area contributed by atoms with Crippen LogP contribution < -0.4 is 10.5 Å². The summed E-state index contributed by atoms with van der Waals surface area (Å²) in [5, 5.41) is 0. The summed E-state index contributed by atoms with van der Waals surface area (Å²) < 4.78 is 5.41. The van der Waals surface area contributed by atoms with E-state index in [1.165, 1.54) is 0 Å². The molecule has 0 aliphatic heterocycles. The quantitative estimate of drug-likeness (QED) is 0.902. The number of nitrogens with zero attached hydrogens (tertiary/aromatic N) is 2. The lowest BCUT2D eigenvalue weighted by Gasteiger charge is -2.34. The highest BCUT2D eigenvalue weighted by atomic mass is 16.5. The van der Waals surface area contributed by atoms with Gasteiger partial charge in [-0.05, 0) is 44.6 Å². The summed E-state index contributed by atoms with van der Waals surface area (Å²) in [5.41, 5.74) is 7.83. The Morgan fingerprint density at radius 3 is 2.80 bits per heavy atom. The third-order valence-electron chi connectivity index (χ3n) is 4.25. The van der Waals surface area contributed by atoms with Crippen molar-refractivity contribution in [3.63, 3.8) is 0 Å². The van der Waals surface area contributed by atoms with Gasteiger partial charge in [-0.2, -0.15) is 4.98 Å². The van der Waals surface area contributed by atoms with Crippen molar-refractivity contribution in [2.24, 2.45) is 11.7 Å². The lowest BCUT2D eigenvalue weighted by atomic mass is 9.77. The minimum absolute atomic E-state index is 0.334. The van der Waals surface area contributed by atoms with E-state index in [4.69, 9.17) is 10.5 Å². The average Bonchev–Trinajstić information content (AvgIpc) is 2.87. The van der Waals surface area contributed by atoms with Crippen LogP contribution >= 0.6 is 0 Å². The number of aromatic amines is 1. The van der Waals surface area contributed by atoms with E-state index in [0.29, 0.717) is 18.1 Å². The van der Waals surface area contributed by atoms with Crippen LogP contribution in [0.4, 0.5) is 0 Å². The third-order valence-corrected chi connectivity index (χ3v) is 4.25. The molecule has 1 aliphatic rings. The van der Waals surface area contributed by atoms with E-state index >= 15 is 0 Å². The minimum Gasteiger partial charge on any atom is -0.478 e. The second-order valence-corrected chi connectivity index (χ2v) is 5.88. The monoisotopic (exact) mass is 274 g/mol. The number of hydrogen-bond donors (Lipinski definition) is 2. The van der Waals surface area contributed by atoms with E-state index < -0.39 is 0 Å². The Morgan fingerprint density at radius 1 is 1.35 bits per heavy atom. The van der Waals surface area contributed by atoms with Gasteiger partial charge in [0.25, 0.3) is 0 Å². The van der Waals surface area contributed by atoms with Crippen molar-refractivity contribution in [3.8, 4) is 5.88 Å². The first kappa shape index (κ1) is 13.4. The first-order chi connectivity index (χ1) is 9.60. The van der Waals surface area contributed by atoms with Gasteiger partial charge in [-0.3, -0.25) is 0 Å². The normalized spacial score (nSPS) is 26.9. The summed E-state index contributed by atoms with van der Waals surface area (Å²) in [6.07, 6.45) is 4.27. The smallest absolute Gasteiger partial charge is 0.215 e. The van der Waals surface area contributed by atoms with Crippen LogP contribution in [-0.4, -0.2) is 21.6 Å². The molecule has 5 nitrogen and oxygen atoms in total. The molecule has 0 aromatic carbocycles.